The van der Waals surface area contributed by atoms with Crippen LogP contribution in [0.5, 0.6) is 0 Å². The molecule has 0 radical (unpaired) electrons. The summed E-state index contributed by atoms with van der Waals surface area (Å²) in [5.74, 6) is -1.43. The number of aryl methyl sites for hydroxylation is 2. The van der Waals surface area contributed by atoms with E-state index in [0.717, 1.165) is 23.8 Å². The monoisotopic (exact) mass is 320 g/mol. The molecule has 0 spiro atoms. The molecule has 3 rings (SSSR count). The maximum Gasteiger partial charge on any atom is 0.271 e. The number of nitrogens with zero attached hydrogens (tertiary/aromatic N) is 2. The average molecular weight is 320 g/mol. The van der Waals surface area contributed by atoms with Crippen LogP contribution in [0, 0.1) is 18.6 Å². The molecule has 2 aromatic rings. The maximum atomic E-state index is 14.1. The first-order valence-electron chi connectivity index (χ1n) is 7.44. The number of rotatable bonds is 2. The lowest BCUT2D eigenvalue weighted by Crippen LogP contribution is -2.33. The molecule has 1 aliphatic heterocycles. The molecule has 1 aliphatic rings. The van der Waals surface area contributed by atoms with Crippen LogP contribution in [0.25, 0.3) is 0 Å². The van der Waals surface area contributed by atoms with Crippen LogP contribution in [-0.2, 0) is 7.05 Å². The minimum atomic E-state index is -0.757. The second-order valence-corrected chi connectivity index (χ2v) is 5.99. The van der Waals surface area contributed by atoms with E-state index < -0.39 is 23.8 Å². The van der Waals surface area contributed by atoms with Gasteiger partial charge < -0.3 is 14.6 Å². The van der Waals surface area contributed by atoms with Crippen LogP contribution >= 0.6 is 0 Å². The number of benzene rings is 1. The van der Waals surface area contributed by atoms with E-state index in [1.807, 2.05) is 13.0 Å². The zero-order valence-corrected chi connectivity index (χ0v) is 13.0. The molecule has 1 N–H and O–H groups in total. The minimum absolute atomic E-state index is 0.0989. The van der Waals surface area contributed by atoms with Crippen molar-refractivity contribution in [3.63, 3.8) is 0 Å². The average Bonchev–Trinajstić information content (AvgIpc) is 3.04. The number of β-amino-alcohol motifs (C(OH)–C–C–N with tert-alkyl or cyclic N) is 1. The van der Waals surface area contributed by atoms with Crippen LogP contribution < -0.4 is 0 Å². The van der Waals surface area contributed by atoms with Crippen LogP contribution in [0.1, 0.15) is 34.1 Å². The zero-order valence-electron chi connectivity index (χ0n) is 13.0. The Balaban J connectivity index is 2.00. The summed E-state index contributed by atoms with van der Waals surface area (Å²) in [6.07, 6.45) is 1.20. The number of aliphatic hydroxyl groups is 1. The van der Waals surface area contributed by atoms with Crippen molar-refractivity contribution < 1.29 is 18.7 Å². The molecule has 6 heteroatoms. The van der Waals surface area contributed by atoms with E-state index in [0.29, 0.717) is 5.69 Å². The highest BCUT2D eigenvalue weighted by Gasteiger charge is 2.38. The summed E-state index contributed by atoms with van der Waals surface area (Å²) in [5, 5.41) is 9.96. The fraction of sp³-hybridized carbons (Fsp3) is 0.353. The fourth-order valence-corrected chi connectivity index (χ4v) is 3.21. The summed E-state index contributed by atoms with van der Waals surface area (Å²) in [5.41, 5.74) is 1.39. The van der Waals surface area contributed by atoms with Gasteiger partial charge in [-0.25, -0.2) is 8.78 Å². The molecule has 1 saturated heterocycles. The van der Waals surface area contributed by atoms with Gasteiger partial charge in [0, 0.05) is 25.4 Å². The minimum Gasteiger partial charge on any atom is -0.391 e. The number of amides is 1. The van der Waals surface area contributed by atoms with Gasteiger partial charge in [-0.3, -0.25) is 4.79 Å². The van der Waals surface area contributed by atoms with Gasteiger partial charge in [-0.1, -0.05) is 0 Å². The Kier molecular flexibility index (Phi) is 3.93. The summed E-state index contributed by atoms with van der Waals surface area (Å²) < 4.78 is 29.3. The second-order valence-electron chi connectivity index (χ2n) is 5.99. The summed E-state index contributed by atoms with van der Waals surface area (Å²) in [6.45, 7) is 1.92. The highest BCUT2D eigenvalue weighted by atomic mass is 19.1. The molecule has 1 fully saturated rings. The molecular formula is C17H18F2N2O2. The highest BCUT2D eigenvalue weighted by Crippen LogP contribution is 2.35. The van der Waals surface area contributed by atoms with Crippen molar-refractivity contribution in [1.82, 2.24) is 9.47 Å². The van der Waals surface area contributed by atoms with Gasteiger partial charge in [0.05, 0.1) is 12.1 Å². The van der Waals surface area contributed by atoms with Crippen molar-refractivity contribution in [3.8, 4) is 0 Å². The lowest BCUT2D eigenvalue weighted by atomic mass is 10.0. The molecule has 0 unspecified atom stereocenters. The Bertz CT molecular complexity index is 738. The van der Waals surface area contributed by atoms with Gasteiger partial charge >= 0.3 is 0 Å². The first-order valence-corrected chi connectivity index (χ1v) is 7.44. The van der Waals surface area contributed by atoms with Gasteiger partial charge in [0.15, 0.2) is 0 Å². The largest absolute Gasteiger partial charge is 0.391 e. The molecular weight excluding hydrogens is 302 g/mol. The third-order valence-electron chi connectivity index (χ3n) is 4.33. The van der Waals surface area contributed by atoms with E-state index in [2.05, 4.69) is 0 Å². The predicted octanol–water partition coefficient (Wildman–Crippen LogP) is 2.56. The maximum absolute atomic E-state index is 14.1. The van der Waals surface area contributed by atoms with Gasteiger partial charge in [0.25, 0.3) is 5.91 Å². The van der Waals surface area contributed by atoms with Crippen LogP contribution in [0.15, 0.2) is 30.5 Å². The van der Waals surface area contributed by atoms with Crippen molar-refractivity contribution in [2.45, 2.75) is 25.5 Å². The van der Waals surface area contributed by atoms with E-state index in [1.165, 1.54) is 4.90 Å². The van der Waals surface area contributed by atoms with E-state index in [9.17, 15) is 18.7 Å². The molecule has 23 heavy (non-hydrogen) atoms. The lowest BCUT2D eigenvalue weighted by Gasteiger charge is -2.25. The summed E-state index contributed by atoms with van der Waals surface area (Å²) in [6, 6.07) is 4.32. The highest BCUT2D eigenvalue weighted by molar-refractivity contribution is 5.94. The third kappa shape index (κ3) is 2.74. The molecule has 0 aliphatic carbocycles. The van der Waals surface area contributed by atoms with Crippen LogP contribution in [0.3, 0.4) is 0 Å². The Morgan fingerprint density at radius 2 is 2.04 bits per heavy atom. The Hall–Kier alpha value is -2.21. The number of carbonyl (C=O) groups excluding carboxylic acids is 1. The predicted molar refractivity (Wildman–Crippen MR) is 80.9 cm³/mol. The van der Waals surface area contributed by atoms with Crippen molar-refractivity contribution in [1.29, 1.82) is 0 Å². The van der Waals surface area contributed by atoms with Crippen molar-refractivity contribution in [2.24, 2.45) is 7.05 Å². The van der Waals surface area contributed by atoms with Gasteiger partial charge in [-0.2, -0.15) is 0 Å². The van der Waals surface area contributed by atoms with Gasteiger partial charge in [-0.15, -0.1) is 0 Å². The lowest BCUT2D eigenvalue weighted by molar-refractivity contribution is 0.0703. The molecule has 1 amide bonds. The normalized spacial score (nSPS) is 21.0. The molecule has 0 bridgehead atoms. The Morgan fingerprint density at radius 1 is 1.30 bits per heavy atom. The summed E-state index contributed by atoms with van der Waals surface area (Å²) >= 11 is 0. The van der Waals surface area contributed by atoms with Crippen molar-refractivity contribution >= 4 is 5.91 Å². The van der Waals surface area contributed by atoms with Crippen LogP contribution in [0.4, 0.5) is 8.78 Å². The van der Waals surface area contributed by atoms with E-state index >= 15 is 0 Å². The third-order valence-corrected chi connectivity index (χ3v) is 4.33. The van der Waals surface area contributed by atoms with E-state index in [1.54, 1.807) is 17.8 Å². The number of carbonyl (C=O) groups is 1. The molecule has 0 saturated carbocycles. The van der Waals surface area contributed by atoms with Crippen molar-refractivity contribution in [3.05, 3.63) is 58.9 Å². The molecule has 2 heterocycles. The number of aliphatic hydroxyl groups excluding tert-OH is 1. The molecule has 4 nitrogen and oxygen atoms in total. The fourth-order valence-electron chi connectivity index (χ4n) is 3.21. The number of halogens is 2. The Labute approximate surface area is 133 Å². The van der Waals surface area contributed by atoms with Gasteiger partial charge in [0.2, 0.25) is 0 Å². The van der Waals surface area contributed by atoms with Gasteiger partial charge in [0.1, 0.15) is 17.3 Å². The van der Waals surface area contributed by atoms with Gasteiger partial charge in [-0.05, 0) is 43.2 Å². The van der Waals surface area contributed by atoms with E-state index in [4.69, 9.17) is 0 Å². The smallest absolute Gasteiger partial charge is 0.271 e. The van der Waals surface area contributed by atoms with Crippen molar-refractivity contribution in [2.75, 3.05) is 6.54 Å². The second kappa shape index (κ2) is 5.77. The molecule has 1 aromatic heterocycles. The Morgan fingerprint density at radius 3 is 2.70 bits per heavy atom. The first kappa shape index (κ1) is 15.7. The molecule has 122 valence electrons. The van der Waals surface area contributed by atoms with Crippen LogP contribution in [0.2, 0.25) is 0 Å². The van der Waals surface area contributed by atoms with E-state index in [-0.39, 0.29) is 24.4 Å². The topological polar surface area (TPSA) is 45.5 Å². The number of likely N-dealkylation sites (tertiary alicyclic amines) is 1. The SMILES string of the molecule is Cc1ccn(C)c1C(=O)N1C[C@@H](O)C[C@@H]1c1cc(F)ccc1F. The number of hydrogen-bond donors (Lipinski definition) is 1. The number of aromatic nitrogens is 1. The quantitative estimate of drug-likeness (QED) is 0.924. The molecule has 2 atom stereocenters. The zero-order chi connectivity index (χ0) is 16.7. The summed E-state index contributed by atoms with van der Waals surface area (Å²) in [4.78, 5) is 14.3. The molecule has 1 aromatic carbocycles. The van der Waals surface area contributed by atoms with Crippen LogP contribution in [-0.4, -0.2) is 33.1 Å². The summed E-state index contributed by atoms with van der Waals surface area (Å²) in [7, 11) is 1.75. The standard InChI is InChI=1S/C17H18F2N2O2/c1-10-5-6-20(2)16(10)17(23)21-9-12(22)8-15(21)13-7-11(18)3-4-14(13)19/h3-7,12,15,22H,8-9H2,1-2H3/t12-,15+/m0/s1. The number of hydrogen-bond acceptors (Lipinski definition) is 2. The first-order chi connectivity index (χ1) is 10.9.